The van der Waals surface area contributed by atoms with Crippen LogP contribution in [0.3, 0.4) is 0 Å². The standard InChI is InChI=1S/C15H20N4/c1-12(13-4-2-7-16-10-13)19-9-3-5-14(11-19)15-6-8-17-18-15/h2,4,6-8,10,12,14H,3,5,9,11H2,1H3,(H,17,18). The van der Waals surface area contributed by atoms with E-state index in [0.29, 0.717) is 12.0 Å². The Morgan fingerprint density at radius 3 is 3.05 bits per heavy atom. The number of H-pyrrole nitrogens is 1. The Morgan fingerprint density at radius 2 is 2.32 bits per heavy atom. The molecule has 3 rings (SSSR count). The minimum absolute atomic E-state index is 0.430. The average molecular weight is 256 g/mol. The fraction of sp³-hybridized carbons (Fsp3) is 0.467. The first-order valence-corrected chi connectivity index (χ1v) is 6.98. The fourth-order valence-electron chi connectivity index (χ4n) is 2.94. The molecule has 0 radical (unpaired) electrons. The van der Waals surface area contributed by atoms with Crippen LogP contribution in [0.1, 0.15) is 43.0 Å². The summed E-state index contributed by atoms with van der Waals surface area (Å²) < 4.78 is 0. The number of nitrogens with one attached hydrogen (secondary N) is 1. The maximum atomic E-state index is 4.23. The summed E-state index contributed by atoms with van der Waals surface area (Å²) in [4.78, 5) is 6.77. The van der Waals surface area contributed by atoms with Crippen LogP contribution in [0.4, 0.5) is 0 Å². The summed E-state index contributed by atoms with van der Waals surface area (Å²) in [6.07, 6.45) is 8.15. The second kappa shape index (κ2) is 5.53. The maximum Gasteiger partial charge on any atom is 0.0490 e. The van der Waals surface area contributed by atoms with Crippen molar-refractivity contribution in [3.05, 3.63) is 48.0 Å². The molecule has 1 aliphatic heterocycles. The minimum atomic E-state index is 0.430. The number of hydrogen-bond donors (Lipinski definition) is 1. The molecule has 2 aromatic rings. The van der Waals surface area contributed by atoms with E-state index in [0.717, 1.165) is 6.54 Å². The van der Waals surface area contributed by atoms with Crippen molar-refractivity contribution in [1.29, 1.82) is 0 Å². The van der Waals surface area contributed by atoms with E-state index in [4.69, 9.17) is 0 Å². The van der Waals surface area contributed by atoms with Gasteiger partial charge in [0.2, 0.25) is 0 Å². The maximum absolute atomic E-state index is 4.23. The SMILES string of the molecule is CC(c1cccnc1)N1CCCC(c2ccn[nH]2)C1. The highest BCUT2D eigenvalue weighted by Gasteiger charge is 2.25. The van der Waals surface area contributed by atoms with Crippen molar-refractivity contribution < 1.29 is 0 Å². The molecule has 4 nitrogen and oxygen atoms in total. The quantitative estimate of drug-likeness (QED) is 0.918. The van der Waals surface area contributed by atoms with E-state index in [2.05, 4.69) is 39.1 Å². The van der Waals surface area contributed by atoms with Gasteiger partial charge in [0.25, 0.3) is 0 Å². The molecule has 1 saturated heterocycles. The highest BCUT2D eigenvalue weighted by atomic mass is 15.2. The summed E-state index contributed by atoms with van der Waals surface area (Å²) in [6.45, 7) is 4.53. The van der Waals surface area contributed by atoms with Gasteiger partial charge in [0.15, 0.2) is 0 Å². The van der Waals surface area contributed by atoms with Crippen molar-refractivity contribution in [2.75, 3.05) is 13.1 Å². The molecule has 2 aromatic heterocycles. The molecular weight excluding hydrogens is 236 g/mol. The fourth-order valence-corrected chi connectivity index (χ4v) is 2.94. The predicted molar refractivity (Wildman–Crippen MR) is 74.8 cm³/mol. The second-order valence-corrected chi connectivity index (χ2v) is 5.31. The zero-order valence-electron chi connectivity index (χ0n) is 11.3. The van der Waals surface area contributed by atoms with Gasteiger partial charge in [-0.25, -0.2) is 0 Å². The van der Waals surface area contributed by atoms with Crippen molar-refractivity contribution in [1.82, 2.24) is 20.1 Å². The third kappa shape index (κ3) is 2.68. The van der Waals surface area contributed by atoms with Gasteiger partial charge < -0.3 is 0 Å². The third-order valence-electron chi connectivity index (χ3n) is 4.13. The van der Waals surface area contributed by atoms with Crippen molar-refractivity contribution in [3.8, 4) is 0 Å². The smallest absolute Gasteiger partial charge is 0.0490 e. The summed E-state index contributed by atoms with van der Waals surface area (Å²) in [5.41, 5.74) is 2.57. The molecule has 1 aliphatic rings. The van der Waals surface area contributed by atoms with Gasteiger partial charge in [-0.1, -0.05) is 6.07 Å². The first-order chi connectivity index (χ1) is 9.34. The van der Waals surface area contributed by atoms with Crippen LogP contribution in [-0.2, 0) is 0 Å². The summed E-state index contributed by atoms with van der Waals surface area (Å²) >= 11 is 0. The molecule has 0 aromatic carbocycles. The van der Waals surface area contributed by atoms with Crippen LogP contribution in [0, 0.1) is 0 Å². The summed E-state index contributed by atoms with van der Waals surface area (Å²) in [7, 11) is 0. The van der Waals surface area contributed by atoms with Crippen LogP contribution in [0.5, 0.6) is 0 Å². The summed E-state index contributed by atoms with van der Waals surface area (Å²) in [5, 5.41) is 7.19. The molecule has 19 heavy (non-hydrogen) atoms. The third-order valence-corrected chi connectivity index (χ3v) is 4.13. The van der Waals surface area contributed by atoms with Gasteiger partial charge in [-0.15, -0.1) is 0 Å². The molecule has 4 heteroatoms. The normalized spacial score (nSPS) is 22.3. The van der Waals surface area contributed by atoms with E-state index >= 15 is 0 Å². The average Bonchev–Trinajstić information content (AvgIpc) is 3.02. The first kappa shape index (κ1) is 12.4. The molecule has 0 aliphatic carbocycles. The van der Waals surface area contributed by atoms with Gasteiger partial charge >= 0.3 is 0 Å². The van der Waals surface area contributed by atoms with Gasteiger partial charge in [0, 0.05) is 42.8 Å². The van der Waals surface area contributed by atoms with E-state index in [-0.39, 0.29) is 0 Å². The molecule has 0 amide bonds. The Labute approximate surface area is 113 Å². The molecule has 1 N–H and O–H groups in total. The topological polar surface area (TPSA) is 44.8 Å². The van der Waals surface area contributed by atoms with Crippen molar-refractivity contribution in [2.45, 2.75) is 31.7 Å². The molecule has 3 heterocycles. The molecular formula is C15H20N4. The molecule has 0 saturated carbocycles. The Bertz CT molecular complexity index is 494. The molecule has 2 atom stereocenters. The van der Waals surface area contributed by atoms with E-state index in [1.165, 1.54) is 30.6 Å². The lowest BCUT2D eigenvalue weighted by Crippen LogP contribution is -2.36. The van der Waals surface area contributed by atoms with Gasteiger partial charge in [-0.3, -0.25) is 15.0 Å². The number of nitrogens with zero attached hydrogens (tertiary/aromatic N) is 3. The van der Waals surface area contributed by atoms with Crippen LogP contribution in [0.2, 0.25) is 0 Å². The number of aromatic amines is 1. The molecule has 0 bridgehead atoms. The highest BCUT2D eigenvalue weighted by Crippen LogP contribution is 2.30. The van der Waals surface area contributed by atoms with Crippen LogP contribution in [0.25, 0.3) is 0 Å². The zero-order chi connectivity index (χ0) is 13.1. The molecule has 100 valence electrons. The number of hydrogen-bond acceptors (Lipinski definition) is 3. The predicted octanol–water partition coefficient (Wildman–Crippen LogP) is 2.75. The second-order valence-electron chi connectivity index (χ2n) is 5.31. The zero-order valence-corrected chi connectivity index (χ0v) is 11.3. The number of aromatic nitrogens is 3. The summed E-state index contributed by atoms with van der Waals surface area (Å²) in [6, 6.07) is 6.71. The van der Waals surface area contributed by atoms with E-state index in [1.807, 2.05) is 24.7 Å². The largest absolute Gasteiger partial charge is 0.296 e. The van der Waals surface area contributed by atoms with Crippen molar-refractivity contribution in [2.24, 2.45) is 0 Å². The number of likely N-dealkylation sites (tertiary alicyclic amines) is 1. The van der Waals surface area contributed by atoms with Crippen LogP contribution >= 0.6 is 0 Å². The van der Waals surface area contributed by atoms with Gasteiger partial charge in [-0.05, 0) is 44.0 Å². The first-order valence-electron chi connectivity index (χ1n) is 6.98. The lowest BCUT2D eigenvalue weighted by Gasteiger charge is -2.36. The van der Waals surface area contributed by atoms with E-state index < -0.39 is 0 Å². The number of rotatable bonds is 3. The van der Waals surface area contributed by atoms with Crippen LogP contribution < -0.4 is 0 Å². The van der Waals surface area contributed by atoms with Crippen LogP contribution in [-0.4, -0.2) is 33.2 Å². The minimum Gasteiger partial charge on any atom is -0.296 e. The lowest BCUT2D eigenvalue weighted by atomic mass is 9.93. The molecule has 1 fully saturated rings. The Balaban J connectivity index is 1.71. The molecule has 0 spiro atoms. The number of piperidine rings is 1. The van der Waals surface area contributed by atoms with Crippen molar-refractivity contribution >= 4 is 0 Å². The lowest BCUT2D eigenvalue weighted by molar-refractivity contribution is 0.157. The number of pyridine rings is 1. The van der Waals surface area contributed by atoms with E-state index in [1.54, 1.807) is 0 Å². The summed E-state index contributed by atoms with van der Waals surface area (Å²) in [5.74, 6) is 0.579. The van der Waals surface area contributed by atoms with Crippen molar-refractivity contribution in [3.63, 3.8) is 0 Å². The molecule has 2 unspecified atom stereocenters. The van der Waals surface area contributed by atoms with Gasteiger partial charge in [0.1, 0.15) is 0 Å². The monoisotopic (exact) mass is 256 g/mol. The van der Waals surface area contributed by atoms with E-state index in [9.17, 15) is 0 Å². The van der Waals surface area contributed by atoms with Gasteiger partial charge in [-0.2, -0.15) is 5.10 Å². The Kier molecular flexibility index (Phi) is 3.60. The van der Waals surface area contributed by atoms with Gasteiger partial charge in [0.05, 0.1) is 0 Å². The Morgan fingerprint density at radius 1 is 1.37 bits per heavy atom. The highest BCUT2D eigenvalue weighted by molar-refractivity contribution is 5.14. The Hall–Kier alpha value is -1.68. The van der Waals surface area contributed by atoms with Crippen LogP contribution in [0.15, 0.2) is 36.8 Å².